The Bertz CT molecular complexity index is 1040. The highest BCUT2D eigenvalue weighted by molar-refractivity contribution is 5.93. The molecule has 1 fully saturated rings. The summed E-state index contributed by atoms with van der Waals surface area (Å²) >= 11 is 0. The maximum Gasteiger partial charge on any atom is 0.416 e. The van der Waals surface area contributed by atoms with E-state index in [-0.39, 0.29) is 35.9 Å². The molecule has 8 heteroatoms. The molecule has 3 aromatic rings. The molecule has 0 aliphatic carbocycles. The van der Waals surface area contributed by atoms with Gasteiger partial charge in [-0.25, -0.2) is 0 Å². The normalized spacial score (nSPS) is 18.0. The average molecular weight is 463 g/mol. The van der Waals surface area contributed by atoms with Crippen molar-refractivity contribution < 1.29 is 22.7 Å². The first-order valence-corrected chi connectivity index (χ1v) is 9.92. The van der Waals surface area contributed by atoms with Crippen LogP contribution in [0.3, 0.4) is 0 Å². The topological polar surface area (TPSA) is 50.4 Å². The molecule has 1 aliphatic heterocycles. The van der Waals surface area contributed by atoms with E-state index in [0.29, 0.717) is 18.0 Å². The van der Waals surface area contributed by atoms with Crippen molar-refractivity contribution in [1.82, 2.24) is 5.32 Å². The molecule has 2 N–H and O–H groups in total. The molecule has 0 saturated carbocycles. The van der Waals surface area contributed by atoms with E-state index in [2.05, 4.69) is 10.6 Å². The van der Waals surface area contributed by atoms with Crippen LogP contribution in [0.4, 0.5) is 18.9 Å². The van der Waals surface area contributed by atoms with Gasteiger partial charge in [-0.1, -0.05) is 36.4 Å². The molecule has 0 spiro atoms. The molecule has 1 heterocycles. The third kappa shape index (κ3) is 5.60. The molecule has 168 valence electrons. The van der Waals surface area contributed by atoms with Crippen molar-refractivity contribution in [2.75, 3.05) is 18.4 Å². The molecule has 0 bridgehead atoms. The molecule has 32 heavy (non-hydrogen) atoms. The quantitative estimate of drug-likeness (QED) is 0.499. The Morgan fingerprint density at radius 3 is 2.31 bits per heavy atom. The fraction of sp³-hybridized carbons (Fsp3) is 0.208. The van der Waals surface area contributed by atoms with Gasteiger partial charge in [0.1, 0.15) is 11.5 Å². The maximum absolute atomic E-state index is 12.9. The predicted molar refractivity (Wildman–Crippen MR) is 119 cm³/mol. The van der Waals surface area contributed by atoms with Gasteiger partial charge in [-0.15, -0.1) is 12.4 Å². The summed E-state index contributed by atoms with van der Waals surface area (Å²) in [5.74, 6) is 0.488. The van der Waals surface area contributed by atoms with Gasteiger partial charge in [-0.3, -0.25) is 4.79 Å². The van der Waals surface area contributed by atoms with Crippen LogP contribution >= 0.6 is 12.4 Å². The molecule has 2 atom stereocenters. The van der Waals surface area contributed by atoms with E-state index in [1.807, 2.05) is 30.3 Å². The lowest BCUT2D eigenvalue weighted by Crippen LogP contribution is -2.28. The van der Waals surface area contributed by atoms with Gasteiger partial charge in [-0.05, 0) is 42.0 Å². The highest BCUT2D eigenvalue weighted by atomic mass is 35.5. The SMILES string of the molecule is Cl.O=C(Nc1cccc(Oc2ccc(C(F)(F)F)cc2)c1)[C@@H]1CNC[C@H]1c1ccccc1. The van der Waals surface area contributed by atoms with Crippen molar-refractivity contribution in [1.29, 1.82) is 0 Å². The van der Waals surface area contributed by atoms with E-state index in [1.54, 1.807) is 24.3 Å². The number of amides is 1. The average Bonchev–Trinajstić information content (AvgIpc) is 3.25. The number of alkyl halides is 3. The summed E-state index contributed by atoms with van der Waals surface area (Å²) in [6.45, 7) is 1.33. The van der Waals surface area contributed by atoms with Crippen molar-refractivity contribution in [3.8, 4) is 11.5 Å². The van der Waals surface area contributed by atoms with Crippen LogP contribution in [0.2, 0.25) is 0 Å². The summed E-state index contributed by atoms with van der Waals surface area (Å²) in [4.78, 5) is 12.9. The van der Waals surface area contributed by atoms with Gasteiger partial charge in [0.15, 0.2) is 0 Å². The fourth-order valence-corrected chi connectivity index (χ4v) is 3.73. The van der Waals surface area contributed by atoms with Crippen molar-refractivity contribution in [2.45, 2.75) is 12.1 Å². The van der Waals surface area contributed by atoms with Crippen LogP contribution in [0.5, 0.6) is 11.5 Å². The van der Waals surface area contributed by atoms with Crippen LogP contribution < -0.4 is 15.4 Å². The second kappa shape index (κ2) is 10.1. The monoisotopic (exact) mass is 462 g/mol. The number of halogens is 4. The molecule has 0 unspecified atom stereocenters. The molecule has 1 saturated heterocycles. The maximum atomic E-state index is 12.9. The van der Waals surface area contributed by atoms with Crippen LogP contribution in [0, 0.1) is 5.92 Å². The van der Waals surface area contributed by atoms with Crippen molar-refractivity contribution >= 4 is 24.0 Å². The highest BCUT2D eigenvalue weighted by Crippen LogP contribution is 2.32. The van der Waals surface area contributed by atoms with E-state index in [0.717, 1.165) is 24.2 Å². The van der Waals surface area contributed by atoms with Gasteiger partial charge < -0.3 is 15.4 Å². The molecule has 1 amide bonds. The van der Waals surface area contributed by atoms with Crippen molar-refractivity contribution in [2.24, 2.45) is 5.92 Å². The smallest absolute Gasteiger partial charge is 0.416 e. The summed E-state index contributed by atoms with van der Waals surface area (Å²) in [5, 5.41) is 6.21. The first-order chi connectivity index (χ1) is 14.9. The number of benzene rings is 3. The minimum absolute atomic E-state index is 0. The lowest BCUT2D eigenvalue weighted by atomic mass is 9.88. The van der Waals surface area contributed by atoms with Crippen LogP contribution in [0.15, 0.2) is 78.9 Å². The number of carbonyl (C=O) groups excluding carboxylic acids is 1. The Hall–Kier alpha value is -3.03. The van der Waals surface area contributed by atoms with E-state index < -0.39 is 11.7 Å². The van der Waals surface area contributed by atoms with Crippen molar-refractivity contribution in [3.63, 3.8) is 0 Å². The Balaban J connectivity index is 0.00000289. The largest absolute Gasteiger partial charge is 0.457 e. The number of ether oxygens (including phenoxy) is 1. The summed E-state index contributed by atoms with van der Waals surface area (Å²) in [6.07, 6.45) is -4.39. The lowest BCUT2D eigenvalue weighted by Gasteiger charge is -2.19. The number of anilines is 1. The summed E-state index contributed by atoms with van der Waals surface area (Å²) in [6, 6.07) is 21.2. The molecule has 4 rings (SSSR count). The minimum atomic E-state index is -4.39. The number of nitrogens with one attached hydrogen (secondary N) is 2. The van der Waals surface area contributed by atoms with Gasteiger partial charge in [0.25, 0.3) is 0 Å². The zero-order valence-corrected chi connectivity index (χ0v) is 17.7. The molecule has 0 aromatic heterocycles. The third-order valence-corrected chi connectivity index (χ3v) is 5.30. The zero-order chi connectivity index (χ0) is 21.8. The van der Waals surface area contributed by atoms with E-state index in [4.69, 9.17) is 4.74 Å². The molecule has 1 aliphatic rings. The predicted octanol–water partition coefficient (Wildman–Crippen LogP) is 5.86. The Labute approximate surface area is 190 Å². The third-order valence-electron chi connectivity index (χ3n) is 5.30. The zero-order valence-electron chi connectivity index (χ0n) is 16.9. The highest BCUT2D eigenvalue weighted by Gasteiger charge is 2.34. The Morgan fingerprint density at radius 1 is 0.906 bits per heavy atom. The molecular formula is C24H22ClF3N2O2. The van der Waals surface area contributed by atoms with Crippen LogP contribution in [-0.4, -0.2) is 19.0 Å². The molecule has 4 nitrogen and oxygen atoms in total. The molecule has 0 radical (unpaired) electrons. The first kappa shape index (κ1) is 23.6. The van der Waals surface area contributed by atoms with Gasteiger partial charge in [-0.2, -0.15) is 13.2 Å². The van der Waals surface area contributed by atoms with E-state index in [9.17, 15) is 18.0 Å². The summed E-state index contributed by atoms with van der Waals surface area (Å²) < 4.78 is 43.8. The number of carbonyl (C=O) groups is 1. The lowest BCUT2D eigenvalue weighted by molar-refractivity contribution is -0.137. The van der Waals surface area contributed by atoms with Crippen LogP contribution in [0.1, 0.15) is 17.0 Å². The second-order valence-electron chi connectivity index (χ2n) is 7.42. The standard InChI is InChI=1S/C24H21F3N2O2.ClH/c25-24(26,27)17-9-11-19(12-10-17)31-20-8-4-7-18(13-20)29-23(30)22-15-28-14-21(22)16-5-2-1-3-6-16;/h1-13,21-22,28H,14-15H2,(H,29,30);1H/t21-,22+;/m0./s1. The second-order valence-corrected chi connectivity index (χ2v) is 7.42. The number of rotatable bonds is 5. The Morgan fingerprint density at radius 2 is 1.62 bits per heavy atom. The first-order valence-electron chi connectivity index (χ1n) is 9.92. The van der Waals surface area contributed by atoms with E-state index >= 15 is 0 Å². The fourth-order valence-electron chi connectivity index (χ4n) is 3.73. The van der Waals surface area contributed by atoms with Crippen LogP contribution in [-0.2, 0) is 11.0 Å². The van der Waals surface area contributed by atoms with Crippen molar-refractivity contribution in [3.05, 3.63) is 90.0 Å². The summed E-state index contributed by atoms with van der Waals surface area (Å²) in [5.41, 5.74) is 0.944. The van der Waals surface area contributed by atoms with Gasteiger partial charge in [0.2, 0.25) is 5.91 Å². The molecule has 3 aromatic carbocycles. The number of hydrogen-bond acceptors (Lipinski definition) is 3. The van der Waals surface area contributed by atoms with Crippen LogP contribution in [0.25, 0.3) is 0 Å². The summed E-state index contributed by atoms with van der Waals surface area (Å²) in [7, 11) is 0. The van der Waals surface area contributed by atoms with Gasteiger partial charge in [0.05, 0.1) is 11.5 Å². The minimum Gasteiger partial charge on any atom is -0.457 e. The Kier molecular flexibility index (Phi) is 7.43. The van der Waals surface area contributed by atoms with Gasteiger partial charge in [0, 0.05) is 30.8 Å². The van der Waals surface area contributed by atoms with E-state index in [1.165, 1.54) is 12.1 Å². The van der Waals surface area contributed by atoms with Gasteiger partial charge >= 0.3 is 6.18 Å². The molecular weight excluding hydrogens is 441 g/mol. The number of hydrogen-bond donors (Lipinski definition) is 2.